The van der Waals surface area contributed by atoms with Gasteiger partial charge in [0.1, 0.15) is 11.5 Å². The van der Waals surface area contributed by atoms with Crippen LogP contribution in [0.3, 0.4) is 0 Å². The zero-order chi connectivity index (χ0) is 15.0. The van der Waals surface area contributed by atoms with E-state index in [-0.39, 0.29) is 11.2 Å². The standard InChI is InChI=1S/C15H21NO4S/c1-19-13-7-12(8-14(9-13)20-2)11-5-6-16(10-11)21(17,18)15-3-4-15/h7-9,11,15H,3-6,10H2,1-2H3/t11-/m1/s1. The van der Waals surface area contributed by atoms with Gasteiger partial charge >= 0.3 is 0 Å². The molecule has 1 heterocycles. The first-order valence-electron chi connectivity index (χ1n) is 7.26. The third-order valence-corrected chi connectivity index (χ3v) is 6.67. The molecular weight excluding hydrogens is 290 g/mol. The van der Waals surface area contributed by atoms with E-state index >= 15 is 0 Å². The summed E-state index contributed by atoms with van der Waals surface area (Å²) in [6.07, 6.45) is 2.48. The minimum absolute atomic E-state index is 0.129. The lowest BCUT2D eigenvalue weighted by Crippen LogP contribution is -2.31. The highest BCUT2D eigenvalue weighted by Crippen LogP contribution is 2.37. The van der Waals surface area contributed by atoms with Crippen molar-refractivity contribution in [1.82, 2.24) is 4.31 Å². The highest BCUT2D eigenvalue weighted by atomic mass is 32.2. The van der Waals surface area contributed by atoms with E-state index in [4.69, 9.17) is 9.47 Å². The zero-order valence-corrected chi connectivity index (χ0v) is 13.2. The summed E-state index contributed by atoms with van der Waals surface area (Å²) in [6.45, 7) is 1.18. The van der Waals surface area contributed by atoms with E-state index in [1.165, 1.54) is 0 Å². The molecule has 2 aliphatic rings. The quantitative estimate of drug-likeness (QED) is 0.834. The second-order valence-corrected chi connectivity index (χ2v) is 7.95. The highest BCUT2D eigenvalue weighted by molar-refractivity contribution is 7.90. The number of methoxy groups -OCH3 is 2. The Bertz CT molecular complexity index is 602. The lowest BCUT2D eigenvalue weighted by Gasteiger charge is -2.17. The fourth-order valence-corrected chi connectivity index (χ4v) is 4.77. The average molecular weight is 311 g/mol. The van der Waals surface area contributed by atoms with Gasteiger partial charge < -0.3 is 9.47 Å². The molecule has 1 saturated heterocycles. The molecule has 1 aliphatic carbocycles. The Kier molecular flexibility index (Phi) is 3.84. The molecule has 1 aromatic carbocycles. The molecule has 0 N–H and O–H groups in total. The summed E-state index contributed by atoms with van der Waals surface area (Å²) in [7, 11) is 0.177. The largest absolute Gasteiger partial charge is 0.497 e. The van der Waals surface area contributed by atoms with E-state index < -0.39 is 10.0 Å². The summed E-state index contributed by atoms with van der Waals surface area (Å²) < 4.78 is 36.8. The minimum atomic E-state index is -3.07. The molecule has 116 valence electrons. The van der Waals surface area contributed by atoms with Crippen molar-refractivity contribution in [2.45, 2.75) is 30.4 Å². The molecule has 21 heavy (non-hydrogen) atoms. The summed E-state index contributed by atoms with van der Waals surface area (Å²) >= 11 is 0. The molecule has 0 unspecified atom stereocenters. The molecular formula is C15H21NO4S. The van der Waals surface area contributed by atoms with Crippen LogP contribution in [0.2, 0.25) is 0 Å². The predicted molar refractivity (Wildman–Crippen MR) is 80.4 cm³/mol. The van der Waals surface area contributed by atoms with Gasteiger partial charge in [0.05, 0.1) is 19.5 Å². The smallest absolute Gasteiger partial charge is 0.217 e. The van der Waals surface area contributed by atoms with Crippen LogP contribution in [0, 0.1) is 0 Å². The Morgan fingerprint density at radius 3 is 2.19 bits per heavy atom. The van der Waals surface area contributed by atoms with Crippen LogP contribution in [0.4, 0.5) is 0 Å². The Balaban J connectivity index is 1.79. The van der Waals surface area contributed by atoms with Crippen LogP contribution in [-0.2, 0) is 10.0 Å². The Morgan fingerprint density at radius 1 is 1.05 bits per heavy atom. The first-order valence-corrected chi connectivity index (χ1v) is 8.77. The second-order valence-electron chi connectivity index (χ2n) is 5.73. The van der Waals surface area contributed by atoms with E-state index in [1.807, 2.05) is 18.2 Å². The molecule has 0 amide bonds. The summed E-state index contributed by atoms with van der Waals surface area (Å²) in [6, 6.07) is 5.78. The van der Waals surface area contributed by atoms with Crippen molar-refractivity contribution in [3.8, 4) is 11.5 Å². The maximum absolute atomic E-state index is 12.3. The van der Waals surface area contributed by atoms with Gasteiger partial charge in [-0.3, -0.25) is 0 Å². The van der Waals surface area contributed by atoms with E-state index in [1.54, 1.807) is 18.5 Å². The molecule has 0 radical (unpaired) electrons. The molecule has 0 aromatic heterocycles. The van der Waals surface area contributed by atoms with E-state index in [9.17, 15) is 8.42 Å². The fraction of sp³-hybridized carbons (Fsp3) is 0.600. The van der Waals surface area contributed by atoms with Crippen molar-refractivity contribution < 1.29 is 17.9 Å². The van der Waals surface area contributed by atoms with Gasteiger partial charge in [-0.2, -0.15) is 0 Å². The molecule has 1 atom stereocenters. The zero-order valence-electron chi connectivity index (χ0n) is 12.4. The van der Waals surface area contributed by atoms with Gasteiger partial charge in [-0.15, -0.1) is 0 Å². The lowest BCUT2D eigenvalue weighted by atomic mass is 9.98. The number of rotatable bonds is 5. The maximum atomic E-state index is 12.3. The number of benzene rings is 1. The van der Waals surface area contributed by atoms with Crippen LogP contribution >= 0.6 is 0 Å². The van der Waals surface area contributed by atoms with Gasteiger partial charge in [0.15, 0.2) is 0 Å². The summed E-state index contributed by atoms with van der Waals surface area (Å²) in [4.78, 5) is 0. The van der Waals surface area contributed by atoms with Crippen LogP contribution in [0.1, 0.15) is 30.7 Å². The molecule has 5 nitrogen and oxygen atoms in total. The Hall–Kier alpha value is -1.27. The number of sulfonamides is 1. The van der Waals surface area contributed by atoms with Crippen LogP contribution in [-0.4, -0.2) is 45.3 Å². The van der Waals surface area contributed by atoms with E-state index in [2.05, 4.69) is 0 Å². The second kappa shape index (κ2) is 5.50. The van der Waals surface area contributed by atoms with Crippen LogP contribution in [0.15, 0.2) is 18.2 Å². The predicted octanol–water partition coefficient (Wildman–Crippen LogP) is 1.99. The van der Waals surface area contributed by atoms with Crippen molar-refractivity contribution in [1.29, 1.82) is 0 Å². The van der Waals surface area contributed by atoms with Crippen LogP contribution in [0.5, 0.6) is 11.5 Å². The molecule has 0 bridgehead atoms. The third kappa shape index (κ3) is 2.87. The first-order chi connectivity index (χ1) is 10.0. The van der Waals surface area contributed by atoms with Crippen molar-refractivity contribution in [3.05, 3.63) is 23.8 Å². The lowest BCUT2D eigenvalue weighted by molar-refractivity contribution is 0.392. The fourth-order valence-electron chi connectivity index (χ4n) is 2.87. The maximum Gasteiger partial charge on any atom is 0.217 e. The average Bonchev–Trinajstić information content (AvgIpc) is 3.24. The van der Waals surface area contributed by atoms with Crippen LogP contribution in [0.25, 0.3) is 0 Å². The third-order valence-electron chi connectivity index (χ3n) is 4.30. The number of hydrogen-bond acceptors (Lipinski definition) is 4. The normalized spacial score (nSPS) is 23.2. The first kappa shape index (κ1) is 14.7. The molecule has 6 heteroatoms. The topological polar surface area (TPSA) is 55.8 Å². The Morgan fingerprint density at radius 2 is 1.67 bits per heavy atom. The van der Waals surface area contributed by atoms with Crippen molar-refractivity contribution in [2.75, 3.05) is 27.3 Å². The number of hydrogen-bond donors (Lipinski definition) is 0. The van der Waals surface area contributed by atoms with Crippen molar-refractivity contribution in [2.24, 2.45) is 0 Å². The summed E-state index contributed by atoms with van der Waals surface area (Å²) in [5.74, 6) is 1.70. The van der Waals surface area contributed by atoms with Crippen LogP contribution < -0.4 is 9.47 Å². The summed E-state index contributed by atoms with van der Waals surface area (Å²) in [5, 5.41) is -0.129. The van der Waals surface area contributed by atoms with Crippen molar-refractivity contribution >= 4 is 10.0 Å². The van der Waals surface area contributed by atoms with Gasteiger partial charge in [0, 0.05) is 19.2 Å². The molecule has 3 rings (SSSR count). The van der Waals surface area contributed by atoms with Gasteiger partial charge in [-0.05, 0) is 42.9 Å². The van der Waals surface area contributed by atoms with E-state index in [0.717, 1.165) is 36.3 Å². The molecule has 1 aromatic rings. The highest BCUT2D eigenvalue weighted by Gasteiger charge is 2.42. The minimum Gasteiger partial charge on any atom is -0.497 e. The SMILES string of the molecule is COc1cc(OC)cc([C@@H]2CCN(S(=O)(=O)C3CC3)C2)c1. The monoisotopic (exact) mass is 311 g/mol. The van der Waals surface area contributed by atoms with Gasteiger partial charge in [-0.25, -0.2) is 12.7 Å². The van der Waals surface area contributed by atoms with Crippen molar-refractivity contribution in [3.63, 3.8) is 0 Å². The van der Waals surface area contributed by atoms with Gasteiger partial charge in [0.2, 0.25) is 10.0 Å². The molecule has 1 saturated carbocycles. The van der Waals surface area contributed by atoms with Gasteiger partial charge in [0.25, 0.3) is 0 Å². The number of nitrogens with zero attached hydrogens (tertiary/aromatic N) is 1. The van der Waals surface area contributed by atoms with Gasteiger partial charge in [-0.1, -0.05) is 0 Å². The van der Waals surface area contributed by atoms with E-state index in [0.29, 0.717) is 13.1 Å². The Labute approximate surface area is 125 Å². The molecule has 2 fully saturated rings. The molecule has 0 spiro atoms. The molecule has 1 aliphatic heterocycles. The number of ether oxygens (including phenoxy) is 2. The summed E-state index contributed by atoms with van der Waals surface area (Å²) in [5.41, 5.74) is 1.08.